The van der Waals surface area contributed by atoms with Crippen LogP contribution >= 0.6 is 23.5 Å². The molecule has 0 N–H and O–H groups in total. The maximum atomic E-state index is 2.62. The number of rotatable bonds is 0. The van der Waals surface area contributed by atoms with Gasteiger partial charge in [-0.2, -0.15) is 0 Å². The van der Waals surface area contributed by atoms with Crippen LogP contribution in [0.5, 0.6) is 0 Å². The van der Waals surface area contributed by atoms with E-state index in [0.717, 1.165) is 0 Å². The molecule has 0 bridgehead atoms. The highest BCUT2D eigenvalue weighted by molar-refractivity contribution is 8.01. The van der Waals surface area contributed by atoms with Gasteiger partial charge in [0.2, 0.25) is 6.71 Å². The minimum atomic E-state index is -0.357. The average Bonchev–Trinajstić information content (AvgIpc) is 3.96. The molecule has 2 spiro atoms. The zero-order chi connectivity index (χ0) is 38.2. The third-order valence-corrected chi connectivity index (χ3v) is 16.9. The quantitative estimate of drug-likeness (QED) is 0.141. The monoisotopic (exact) mass is 778 g/mol. The molecule has 9 aromatic rings. The van der Waals surface area contributed by atoms with E-state index in [9.17, 15) is 0 Å². The largest absolute Gasteiger partial charge is 0.247 e. The van der Waals surface area contributed by atoms with Gasteiger partial charge in [-0.3, -0.25) is 0 Å². The molecular formula is C56H31BS2. The summed E-state index contributed by atoms with van der Waals surface area (Å²) in [4.78, 5) is 5.51. The molecule has 0 atom stereocenters. The standard InChI is InChI=1S/C56H31BS2/c1-7-20-40-32(14-1)33-15-2-8-21-41(33)55(40)44-24-11-5-18-36(44)38-28-48-52(30-46(38)55)58-50-26-13-27-51-54(50)57(48)49-29-39-37-19-6-12-25-45(37)56(47(39)31-53(49)59-51)42-22-9-3-16-34(42)35-17-4-10-23-43(35)56/h1-31H. The molecule has 2 aliphatic heterocycles. The molecule has 0 fully saturated rings. The maximum Gasteiger partial charge on any atom is 0.247 e. The molecule has 6 aliphatic rings. The first-order chi connectivity index (χ1) is 29.3. The normalized spacial score (nSPS) is 15.9. The first-order valence-electron chi connectivity index (χ1n) is 20.7. The van der Waals surface area contributed by atoms with Crippen LogP contribution in [0.1, 0.15) is 44.5 Å². The van der Waals surface area contributed by atoms with Crippen LogP contribution in [-0.4, -0.2) is 6.71 Å². The second-order valence-corrected chi connectivity index (χ2v) is 19.1. The van der Waals surface area contributed by atoms with E-state index in [1.807, 2.05) is 23.5 Å². The van der Waals surface area contributed by atoms with Crippen LogP contribution in [0, 0.1) is 0 Å². The predicted molar refractivity (Wildman–Crippen MR) is 245 cm³/mol. The molecule has 0 nitrogen and oxygen atoms in total. The van der Waals surface area contributed by atoms with E-state index in [0.29, 0.717) is 0 Å². The second kappa shape index (κ2) is 10.9. The molecular weight excluding hydrogens is 748 g/mol. The van der Waals surface area contributed by atoms with Gasteiger partial charge in [0.1, 0.15) is 0 Å². The minimum Gasteiger partial charge on any atom is -0.0911 e. The Morgan fingerprint density at radius 2 is 0.576 bits per heavy atom. The zero-order valence-corrected chi connectivity index (χ0v) is 33.4. The molecule has 0 amide bonds. The molecule has 0 unspecified atom stereocenters. The summed E-state index contributed by atoms with van der Waals surface area (Å²) in [5, 5.41) is 0. The first kappa shape index (κ1) is 31.7. The zero-order valence-electron chi connectivity index (χ0n) is 31.8. The SMILES string of the molecule is c1cc2c3c(c1)Sc1cc4c(cc1B3c1cc3c(cc1S2)C1(c2ccccc2-c2ccccc21)c1ccccc1-3)-c1ccccc1C41c2ccccc2-c2ccccc21. The van der Waals surface area contributed by atoms with Gasteiger partial charge in [0, 0.05) is 19.6 Å². The Morgan fingerprint density at radius 1 is 0.271 bits per heavy atom. The number of hydrogen-bond acceptors (Lipinski definition) is 2. The summed E-state index contributed by atoms with van der Waals surface area (Å²) >= 11 is 3.95. The van der Waals surface area contributed by atoms with E-state index < -0.39 is 0 Å². The number of fused-ring (bicyclic) bond motifs is 24. The summed E-state index contributed by atoms with van der Waals surface area (Å²) in [5.74, 6) is 0. The van der Waals surface area contributed by atoms with Crippen LogP contribution < -0.4 is 16.4 Å². The molecule has 0 saturated heterocycles. The highest BCUT2D eigenvalue weighted by Crippen LogP contribution is 2.65. The average molecular weight is 779 g/mol. The van der Waals surface area contributed by atoms with Crippen molar-refractivity contribution in [3.8, 4) is 44.5 Å². The summed E-state index contributed by atoms with van der Waals surface area (Å²) in [6.07, 6.45) is 0. The van der Waals surface area contributed by atoms with Crippen molar-refractivity contribution >= 4 is 46.6 Å². The lowest BCUT2D eigenvalue weighted by Crippen LogP contribution is -2.58. The topological polar surface area (TPSA) is 0 Å². The fourth-order valence-corrected chi connectivity index (χ4v) is 15.1. The van der Waals surface area contributed by atoms with Crippen molar-refractivity contribution in [1.29, 1.82) is 0 Å². The van der Waals surface area contributed by atoms with Gasteiger partial charge < -0.3 is 0 Å². The van der Waals surface area contributed by atoms with Gasteiger partial charge in [0.15, 0.2) is 0 Å². The van der Waals surface area contributed by atoms with Crippen LogP contribution in [0.25, 0.3) is 44.5 Å². The van der Waals surface area contributed by atoms with Gasteiger partial charge in [0.05, 0.1) is 10.8 Å². The highest BCUT2D eigenvalue weighted by atomic mass is 32.2. The van der Waals surface area contributed by atoms with E-state index in [1.165, 1.54) is 125 Å². The third kappa shape index (κ3) is 3.56. The van der Waals surface area contributed by atoms with Crippen LogP contribution in [-0.2, 0) is 10.8 Å². The van der Waals surface area contributed by atoms with Crippen molar-refractivity contribution in [1.82, 2.24) is 0 Å². The van der Waals surface area contributed by atoms with Crippen molar-refractivity contribution in [2.45, 2.75) is 30.4 Å². The minimum absolute atomic E-state index is 0.128. The first-order valence-corrected chi connectivity index (χ1v) is 22.3. The Balaban J connectivity index is 1.01. The molecule has 4 aliphatic carbocycles. The van der Waals surface area contributed by atoms with E-state index >= 15 is 0 Å². The van der Waals surface area contributed by atoms with Crippen molar-refractivity contribution in [3.05, 3.63) is 233 Å². The van der Waals surface area contributed by atoms with Gasteiger partial charge in [-0.15, -0.1) is 0 Å². The molecule has 0 aromatic heterocycles. The second-order valence-electron chi connectivity index (χ2n) is 16.9. The summed E-state index contributed by atoms with van der Waals surface area (Å²) in [6.45, 7) is 0.128. The molecule has 15 rings (SSSR count). The summed E-state index contributed by atoms with van der Waals surface area (Å²) in [6, 6.07) is 72.6. The third-order valence-electron chi connectivity index (χ3n) is 14.6. The Bertz CT molecular complexity index is 3120. The summed E-state index contributed by atoms with van der Waals surface area (Å²) < 4.78 is 0. The van der Waals surface area contributed by atoms with Crippen molar-refractivity contribution in [2.24, 2.45) is 0 Å². The number of benzene rings is 9. The summed E-state index contributed by atoms with van der Waals surface area (Å²) in [7, 11) is 0. The lowest BCUT2D eigenvalue weighted by Gasteiger charge is -2.36. The van der Waals surface area contributed by atoms with E-state index in [2.05, 4.69) is 188 Å². The lowest BCUT2D eigenvalue weighted by atomic mass is 9.36. The molecule has 0 saturated carbocycles. The van der Waals surface area contributed by atoms with Crippen molar-refractivity contribution in [3.63, 3.8) is 0 Å². The molecule has 3 heteroatoms. The predicted octanol–water partition coefficient (Wildman–Crippen LogP) is 11.8. The van der Waals surface area contributed by atoms with Crippen LogP contribution in [0.4, 0.5) is 0 Å². The van der Waals surface area contributed by atoms with Gasteiger partial charge in [-0.25, -0.2) is 0 Å². The van der Waals surface area contributed by atoms with Crippen LogP contribution in [0.2, 0.25) is 0 Å². The smallest absolute Gasteiger partial charge is 0.0911 e. The van der Waals surface area contributed by atoms with Gasteiger partial charge in [-0.05, 0) is 119 Å². The Kier molecular flexibility index (Phi) is 5.84. The van der Waals surface area contributed by atoms with E-state index in [1.54, 1.807) is 0 Å². The molecule has 2 heterocycles. The van der Waals surface area contributed by atoms with Gasteiger partial charge in [0.25, 0.3) is 0 Å². The lowest BCUT2D eigenvalue weighted by molar-refractivity contribution is 0.791. The van der Waals surface area contributed by atoms with Gasteiger partial charge in [-0.1, -0.05) is 198 Å². The molecule has 0 radical (unpaired) electrons. The Morgan fingerprint density at radius 3 is 0.915 bits per heavy atom. The summed E-state index contributed by atoms with van der Waals surface area (Å²) in [5.41, 5.74) is 25.7. The Labute approximate surface area is 352 Å². The highest BCUT2D eigenvalue weighted by Gasteiger charge is 2.54. The Hall–Kier alpha value is -6.26. The van der Waals surface area contributed by atoms with Crippen LogP contribution in [0.15, 0.2) is 208 Å². The molecule has 270 valence electrons. The van der Waals surface area contributed by atoms with Crippen molar-refractivity contribution in [2.75, 3.05) is 0 Å². The fraction of sp³-hybridized carbons (Fsp3) is 0.0357. The molecule has 9 aromatic carbocycles. The number of hydrogen-bond donors (Lipinski definition) is 0. The maximum absolute atomic E-state index is 2.62. The van der Waals surface area contributed by atoms with Crippen molar-refractivity contribution < 1.29 is 0 Å². The van der Waals surface area contributed by atoms with E-state index in [4.69, 9.17) is 0 Å². The van der Waals surface area contributed by atoms with Gasteiger partial charge >= 0.3 is 0 Å². The van der Waals surface area contributed by atoms with Crippen LogP contribution in [0.3, 0.4) is 0 Å². The fourth-order valence-electron chi connectivity index (χ4n) is 12.6. The molecule has 59 heavy (non-hydrogen) atoms. The van der Waals surface area contributed by atoms with E-state index in [-0.39, 0.29) is 17.5 Å².